The third-order valence-corrected chi connectivity index (χ3v) is 2.20. The molecule has 0 spiro atoms. The molecule has 0 fully saturated rings. The zero-order valence-electron chi connectivity index (χ0n) is 7.46. The molecule has 0 saturated heterocycles. The number of alkyl halides is 1. The molecule has 0 radical (unpaired) electrons. The van der Waals surface area contributed by atoms with Crippen LogP contribution in [0.5, 0.6) is 0 Å². The molecule has 1 rings (SSSR count). The van der Waals surface area contributed by atoms with E-state index in [1.165, 1.54) is 12.1 Å². The Kier molecular flexibility index (Phi) is 3.95. The summed E-state index contributed by atoms with van der Waals surface area (Å²) >= 11 is 8.94. The van der Waals surface area contributed by atoms with Gasteiger partial charge in [0.1, 0.15) is 5.69 Å². The number of hydrogen-bond donors (Lipinski definition) is 1. The molecule has 6 heteroatoms. The highest BCUT2D eigenvalue weighted by molar-refractivity contribution is 9.09. The molecule has 0 amide bonds. The second-order valence-electron chi connectivity index (χ2n) is 2.58. The Morgan fingerprint density at radius 1 is 1.60 bits per heavy atom. The first kappa shape index (κ1) is 11.8. The van der Waals surface area contributed by atoms with Gasteiger partial charge in [-0.3, -0.25) is 10.1 Å². The quantitative estimate of drug-likeness (QED) is 0.284. The van der Waals surface area contributed by atoms with E-state index >= 15 is 0 Å². The van der Waals surface area contributed by atoms with Crippen molar-refractivity contribution in [2.45, 2.75) is 0 Å². The van der Waals surface area contributed by atoms with Gasteiger partial charge in [-0.15, -0.1) is 0 Å². The average Bonchev–Trinajstić information content (AvgIpc) is 2.16. The van der Waals surface area contributed by atoms with Gasteiger partial charge < -0.3 is 5.73 Å². The van der Waals surface area contributed by atoms with Crippen molar-refractivity contribution in [3.63, 3.8) is 0 Å². The minimum atomic E-state index is -0.565. The first-order chi connectivity index (χ1) is 7.06. The van der Waals surface area contributed by atoms with Crippen LogP contribution in [0.15, 0.2) is 12.1 Å². The number of nitro groups is 1. The van der Waals surface area contributed by atoms with Gasteiger partial charge in [0, 0.05) is 6.07 Å². The summed E-state index contributed by atoms with van der Waals surface area (Å²) in [5.41, 5.74) is 5.69. The Bertz CT molecular complexity index is 465. The number of nitrogens with two attached hydrogens (primary N) is 1. The zero-order chi connectivity index (χ0) is 11.4. The smallest absolute Gasteiger partial charge is 0.293 e. The van der Waals surface area contributed by atoms with Crippen molar-refractivity contribution in [2.75, 3.05) is 11.1 Å². The highest BCUT2D eigenvalue weighted by Gasteiger charge is 2.14. The van der Waals surface area contributed by atoms with Crippen molar-refractivity contribution in [2.24, 2.45) is 0 Å². The zero-order valence-corrected chi connectivity index (χ0v) is 9.80. The summed E-state index contributed by atoms with van der Waals surface area (Å²) in [4.78, 5) is 10.0. The largest absolute Gasteiger partial charge is 0.393 e. The van der Waals surface area contributed by atoms with E-state index in [9.17, 15) is 10.1 Å². The Morgan fingerprint density at radius 2 is 2.27 bits per heavy atom. The third-order valence-electron chi connectivity index (χ3n) is 1.60. The number of hydrogen-bond acceptors (Lipinski definition) is 3. The van der Waals surface area contributed by atoms with Crippen LogP contribution in [-0.4, -0.2) is 10.3 Å². The normalized spacial score (nSPS) is 9.20. The first-order valence-electron chi connectivity index (χ1n) is 3.84. The van der Waals surface area contributed by atoms with Crippen molar-refractivity contribution < 1.29 is 4.92 Å². The van der Waals surface area contributed by atoms with Gasteiger partial charge in [-0.1, -0.05) is 39.4 Å². The monoisotopic (exact) mass is 288 g/mol. The lowest BCUT2D eigenvalue weighted by atomic mass is 10.2. The number of anilines is 1. The van der Waals surface area contributed by atoms with E-state index in [-0.39, 0.29) is 11.4 Å². The predicted octanol–water partition coefficient (Wildman–Crippen LogP) is 2.58. The van der Waals surface area contributed by atoms with Crippen LogP contribution in [0, 0.1) is 22.0 Å². The van der Waals surface area contributed by atoms with Gasteiger partial charge in [0.05, 0.1) is 20.8 Å². The molecule has 0 atom stereocenters. The average molecular weight is 290 g/mol. The van der Waals surface area contributed by atoms with E-state index < -0.39 is 4.92 Å². The summed E-state index contributed by atoms with van der Waals surface area (Å²) in [5.74, 6) is 5.41. The molecule has 0 heterocycles. The van der Waals surface area contributed by atoms with Crippen molar-refractivity contribution in [3.8, 4) is 11.8 Å². The molecule has 1 aromatic rings. The minimum Gasteiger partial charge on any atom is -0.393 e. The van der Waals surface area contributed by atoms with Gasteiger partial charge in [0.2, 0.25) is 0 Å². The number of rotatable bonds is 1. The van der Waals surface area contributed by atoms with E-state index in [0.717, 1.165) is 0 Å². The van der Waals surface area contributed by atoms with Gasteiger partial charge >= 0.3 is 0 Å². The maximum atomic E-state index is 10.6. The standard InChI is InChI=1S/C9H6BrClN2O2/c10-3-1-2-6-4-9(13(14)15)8(12)5-7(6)11/h4-5H,3,12H2. The molecule has 1 aromatic carbocycles. The lowest BCUT2D eigenvalue weighted by molar-refractivity contribution is -0.383. The maximum absolute atomic E-state index is 10.6. The van der Waals surface area contributed by atoms with Crippen LogP contribution >= 0.6 is 27.5 Å². The molecular formula is C9H6BrClN2O2. The van der Waals surface area contributed by atoms with Crippen LogP contribution in [0.2, 0.25) is 5.02 Å². The van der Waals surface area contributed by atoms with Gasteiger partial charge in [-0.05, 0) is 6.07 Å². The van der Waals surface area contributed by atoms with Crippen LogP contribution in [0.1, 0.15) is 5.56 Å². The fraction of sp³-hybridized carbons (Fsp3) is 0.111. The van der Waals surface area contributed by atoms with Crippen LogP contribution in [-0.2, 0) is 0 Å². The van der Waals surface area contributed by atoms with Crippen LogP contribution < -0.4 is 5.73 Å². The van der Waals surface area contributed by atoms with Crippen LogP contribution in [0.3, 0.4) is 0 Å². The van der Waals surface area contributed by atoms with Crippen LogP contribution in [0.4, 0.5) is 11.4 Å². The Labute approximate surface area is 99.7 Å². The Hall–Kier alpha value is -1.25. The number of nitrogen functional groups attached to an aromatic ring is 1. The molecule has 0 unspecified atom stereocenters. The van der Waals surface area contributed by atoms with E-state index in [0.29, 0.717) is 15.9 Å². The molecule has 0 bridgehead atoms. The lowest BCUT2D eigenvalue weighted by Gasteiger charge is -2.00. The predicted molar refractivity (Wildman–Crippen MR) is 63.2 cm³/mol. The van der Waals surface area contributed by atoms with Gasteiger partial charge in [0.15, 0.2) is 0 Å². The molecule has 15 heavy (non-hydrogen) atoms. The number of nitrogens with zero attached hydrogens (tertiary/aromatic N) is 1. The van der Waals surface area contributed by atoms with Crippen molar-refractivity contribution in [1.82, 2.24) is 0 Å². The molecule has 0 saturated carbocycles. The highest BCUT2D eigenvalue weighted by atomic mass is 79.9. The maximum Gasteiger partial charge on any atom is 0.293 e. The molecule has 2 N–H and O–H groups in total. The minimum absolute atomic E-state index is 0.0365. The van der Waals surface area contributed by atoms with Crippen molar-refractivity contribution in [1.29, 1.82) is 0 Å². The van der Waals surface area contributed by atoms with Crippen molar-refractivity contribution >= 4 is 38.9 Å². The summed E-state index contributed by atoms with van der Waals surface area (Å²) in [6.07, 6.45) is 0. The molecule has 0 aliphatic carbocycles. The summed E-state index contributed by atoms with van der Waals surface area (Å²) < 4.78 is 0. The Balaban J connectivity index is 3.29. The molecular weight excluding hydrogens is 283 g/mol. The fourth-order valence-corrected chi connectivity index (χ4v) is 1.32. The van der Waals surface area contributed by atoms with Crippen LogP contribution in [0.25, 0.3) is 0 Å². The van der Waals surface area contributed by atoms with Gasteiger partial charge in [-0.25, -0.2) is 0 Å². The molecule has 78 valence electrons. The molecule has 0 aromatic heterocycles. The first-order valence-corrected chi connectivity index (χ1v) is 5.34. The van der Waals surface area contributed by atoms with Crippen molar-refractivity contribution in [3.05, 3.63) is 32.8 Å². The molecule has 0 aliphatic rings. The third kappa shape index (κ3) is 2.85. The SMILES string of the molecule is Nc1cc(Cl)c(C#CCBr)cc1[N+](=O)[O-]. The van der Waals surface area contributed by atoms with Gasteiger partial charge in [0.25, 0.3) is 5.69 Å². The van der Waals surface area contributed by atoms with E-state index in [1.807, 2.05) is 0 Å². The molecule has 4 nitrogen and oxygen atoms in total. The Morgan fingerprint density at radius 3 is 2.80 bits per heavy atom. The molecule has 0 aliphatic heterocycles. The second-order valence-corrected chi connectivity index (χ2v) is 3.55. The highest BCUT2D eigenvalue weighted by Crippen LogP contribution is 2.28. The number of halogens is 2. The number of nitro benzene ring substituents is 1. The topological polar surface area (TPSA) is 69.2 Å². The fourth-order valence-electron chi connectivity index (χ4n) is 0.960. The van der Waals surface area contributed by atoms with E-state index in [1.54, 1.807) is 0 Å². The van der Waals surface area contributed by atoms with E-state index in [4.69, 9.17) is 17.3 Å². The second kappa shape index (κ2) is 5.01. The summed E-state index contributed by atoms with van der Waals surface area (Å²) in [6, 6.07) is 2.60. The number of benzene rings is 1. The van der Waals surface area contributed by atoms with E-state index in [2.05, 4.69) is 27.8 Å². The van der Waals surface area contributed by atoms with Gasteiger partial charge in [-0.2, -0.15) is 0 Å². The summed E-state index contributed by atoms with van der Waals surface area (Å²) in [6.45, 7) is 0. The summed E-state index contributed by atoms with van der Waals surface area (Å²) in [7, 11) is 0. The lowest BCUT2D eigenvalue weighted by Crippen LogP contribution is -1.96. The summed E-state index contributed by atoms with van der Waals surface area (Å²) in [5, 5.41) is 11.4.